The summed E-state index contributed by atoms with van der Waals surface area (Å²) in [6, 6.07) is 24.0. The van der Waals surface area contributed by atoms with Crippen LogP contribution in [0.4, 0.5) is 4.39 Å². The van der Waals surface area contributed by atoms with Crippen molar-refractivity contribution in [3.63, 3.8) is 0 Å². The minimum atomic E-state index is -0.284. The zero-order chi connectivity index (χ0) is 22.1. The molecule has 0 unspecified atom stereocenters. The Morgan fingerprint density at radius 1 is 1.03 bits per heavy atom. The number of carbonyl (C=O) groups excluding carboxylic acids is 1. The summed E-state index contributed by atoms with van der Waals surface area (Å²) in [5.74, 6) is -0.0978. The van der Waals surface area contributed by atoms with Crippen LogP contribution in [-0.2, 0) is 0 Å². The Kier molecular flexibility index (Phi) is 5.66. The molecule has 3 nitrogen and oxygen atoms in total. The van der Waals surface area contributed by atoms with E-state index in [9.17, 15) is 9.18 Å². The molecular weight excluding hydrogens is 419 g/mol. The maximum atomic E-state index is 13.9. The van der Waals surface area contributed by atoms with Gasteiger partial charge in [0.25, 0.3) is 5.91 Å². The van der Waals surface area contributed by atoms with Gasteiger partial charge in [0.15, 0.2) is 0 Å². The van der Waals surface area contributed by atoms with Crippen molar-refractivity contribution in [1.29, 1.82) is 0 Å². The number of thioether (sulfide) groups is 1. The summed E-state index contributed by atoms with van der Waals surface area (Å²) < 4.78 is 13.9. The van der Waals surface area contributed by atoms with Gasteiger partial charge >= 0.3 is 0 Å². The SMILES string of the molecule is CSc1c(-c2ccccc2)nc2ccccc2c1C(=O)N[C@H](c1cccc(F)c1)C1CC1. The zero-order valence-electron chi connectivity index (χ0n) is 17.7. The molecule has 160 valence electrons. The van der Waals surface area contributed by atoms with Crippen LogP contribution in [0.1, 0.15) is 34.8 Å². The first-order valence-corrected chi connectivity index (χ1v) is 12.0. The van der Waals surface area contributed by atoms with Gasteiger partial charge in [-0.25, -0.2) is 9.37 Å². The summed E-state index contributed by atoms with van der Waals surface area (Å²) in [5, 5.41) is 4.06. The van der Waals surface area contributed by atoms with Crippen LogP contribution in [-0.4, -0.2) is 17.1 Å². The molecule has 0 spiro atoms. The smallest absolute Gasteiger partial charge is 0.253 e. The van der Waals surface area contributed by atoms with Gasteiger partial charge in [0.1, 0.15) is 5.82 Å². The standard InChI is InChI=1S/C27H23FN2OS/c1-32-26-23(27(31)30-24(18-14-15-18)19-10-7-11-20(28)16-19)21-12-5-6-13-22(21)29-25(26)17-8-3-2-4-9-17/h2-13,16,18,24H,14-15H2,1H3,(H,30,31)/t24-/m0/s1. The van der Waals surface area contributed by atoms with Crippen molar-refractivity contribution in [3.05, 3.63) is 95.8 Å². The molecule has 0 aliphatic heterocycles. The number of nitrogens with zero attached hydrogens (tertiary/aromatic N) is 1. The first-order chi connectivity index (χ1) is 15.7. The molecule has 1 heterocycles. The molecule has 1 saturated carbocycles. The van der Waals surface area contributed by atoms with Gasteiger partial charge in [0, 0.05) is 15.8 Å². The summed E-state index contributed by atoms with van der Waals surface area (Å²) in [5.41, 5.74) is 4.00. The van der Waals surface area contributed by atoms with Crippen molar-refractivity contribution in [2.45, 2.75) is 23.8 Å². The van der Waals surface area contributed by atoms with E-state index < -0.39 is 0 Å². The Morgan fingerprint density at radius 2 is 1.78 bits per heavy atom. The first-order valence-electron chi connectivity index (χ1n) is 10.7. The largest absolute Gasteiger partial charge is 0.345 e. The molecular formula is C27H23FN2OS. The number of halogens is 1. The lowest BCUT2D eigenvalue weighted by Crippen LogP contribution is -2.30. The Labute approximate surface area is 191 Å². The fraction of sp³-hybridized carbons (Fsp3) is 0.185. The Hall–Kier alpha value is -3.18. The van der Waals surface area contributed by atoms with Crippen molar-refractivity contribution in [2.75, 3.05) is 6.26 Å². The maximum Gasteiger partial charge on any atom is 0.253 e. The van der Waals surface area contributed by atoms with Crippen LogP contribution >= 0.6 is 11.8 Å². The highest BCUT2D eigenvalue weighted by molar-refractivity contribution is 7.98. The van der Waals surface area contributed by atoms with Crippen LogP contribution in [0.5, 0.6) is 0 Å². The van der Waals surface area contributed by atoms with Crippen LogP contribution < -0.4 is 5.32 Å². The van der Waals surface area contributed by atoms with Crippen LogP contribution in [0.3, 0.4) is 0 Å². The summed E-state index contributed by atoms with van der Waals surface area (Å²) >= 11 is 1.53. The van der Waals surface area contributed by atoms with Gasteiger partial charge in [-0.1, -0.05) is 60.7 Å². The van der Waals surface area contributed by atoms with Crippen LogP contribution in [0.25, 0.3) is 22.2 Å². The van der Waals surface area contributed by atoms with E-state index in [0.29, 0.717) is 11.5 Å². The molecule has 1 fully saturated rings. The van der Waals surface area contributed by atoms with Crippen LogP contribution in [0, 0.1) is 11.7 Å². The van der Waals surface area contributed by atoms with E-state index in [0.717, 1.165) is 45.5 Å². The summed E-state index contributed by atoms with van der Waals surface area (Å²) in [6.45, 7) is 0. The Balaban J connectivity index is 1.63. The maximum absolute atomic E-state index is 13.9. The first kappa shape index (κ1) is 20.7. The summed E-state index contributed by atoms with van der Waals surface area (Å²) in [6.07, 6.45) is 4.03. The third-order valence-electron chi connectivity index (χ3n) is 5.91. The minimum Gasteiger partial charge on any atom is -0.345 e. The second-order valence-electron chi connectivity index (χ2n) is 8.10. The van der Waals surface area contributed by atoms with Crippen molar-refractivity contribution < 1.29 is 9.18 Å². The van der Waals surface area contributed by atoms with Gasteiger partial charge in [-0.2, -0.15) is 0 Å². The third kappa shape index (κ3) is 4.00. The number of nitrogens with one attached hydrogen (secondary N) is 1. The lowest BCUT2D eigenvalue weighted by atomic mass is 9.99. The van der Waals surface area contributed by atoms with Gasteiger partial charge < -0.3 is 5.32 Å². The van der Waals surface area contributed by atoms with Gasteiger partial charge in [0.2, 0.25) is 0 Å². The number of pyridine rings is 1. The van der Waals surface area contributed by atoms with E-state index in [1.54, 1.807) is 6.07 Å². The number of fused-ring (bicyclic) bond motifs is 1. The summed E-state index contributed by atoms with van der Waals surface area (Å²) in [7, 11) is 0. The average Bonchev–Trinajstić information content (AvgIpc) is 3.67. The fourth-order valence-electron chi connectivity index (χ4n) is 4.23. The number of benzene rings is 3. The summed E-state index contributed by atoms with van der Waals surface area (Å²) in [4.78, 5) is 19.5. The molecule has 0 bridgehead atoms. The normalized spacial score (nSPS) is 14.3. The minimum absolute atomic E-state index is 0.147. The molecule has 1 amide bonds. The molecule has 1 N–H and O–H groups in total. The zero-order valence-corrected chi connectivity index (χ0v) is 18.5. The van der Waals surface area contributed by atoms with E-state index in [1.165, 1.54) is 23.9 Å². The monoisotopic (exact) mass is 442 g/mol. The molecule has 1 aromatic heterocycles. The molecule has 5 heteroatoms. The Morgan fingerprint density at radius 3 is 2.50 bits per heavy atom. The number of para-hydroxylation sites is 1. The van der Waals surface area contributed by atoms with E-state index in [2.05, 4.69) is 5.32 Å². The molecule has 4 aromatic rings. The molecule has 0 radical (unpaired) electrons. The third-order valence-corrected chi connectivity index (χ3v) is 6.72. The second-order valence-corrected chi connectivity index (χ2v) is 8.91. The molecule has 1 aliphatic rings. The highest BCUT2D eigenvalue weighted by atomic mass is 32.2. The topological polar surface area (TPSA) is 42.0 Å². The van der Waals surface area contributed by atoms with Crippen LogP contribution in [0.2, 0.25) is 0 Å². The predicted octanol–water partition coefficient (Wildman–Crippen LogP) is 6.64. The van der Waals surface area contributed by atoms with Crippen molar-refractivity contribution in [2.24, 2.45) is 5.92 Å². The highest BCUT2D eigenvalue weighted by Gasteiger charge is 2.34. The van der Waals surface area contributed by atoms with E-state index in [4.69, 9.17) is 4.98 Å². The van der Waals surface area contributed by atoms with Crippen LogP contribution in [0.15, 0.2) is 83.8 Å². The molecule has 5 rings (SSSR count). The van der Waals surface area contributed by atoms with E-state index in [1.807, 2.05) is 66.9 Å². The van der Waals surface area contributed by atoms with Gasteiger partial charge in [0.05, 0.1) is 22.8 Å². The van der Waals surface area contributed by atoms with Crippen molar-refractivity contribution in [1.82, 2.24) is 10.3 Å². The second kappa shape index (κ2) is 8.75. The molecule has 32 heavy (non-hydrogen) atoms. The number of hydrogen-bond donors (Lipinski definition) is 1. The quantitative estimate of drug-likeness (QED) is 0.340. The van der Waals surface area contributed by atoms with Crippen molar-refractivity contribution >= 4 is 28.6 Å². The lowest BCUT2D eigenvalue weighted by molar-refractivity contribution is 0.0930. The van der Waals surface area contributed by atoms with E-state index >= 15 is 0 Å². The Bertz CT molecular complexity index is 1290. The van der Waals surface area contributed by atoms with Gasteiger partial charge in [-0.05, 0) is 48.8 Å². The number of carbonyl (C=O) groups is 1. The molecule has 3 aromatic carbocycles. The predicted molar refractivity (Wildman–Crippen MR) is 128 cm³/mol. The number of aromatic nitrogens is 1. The average molecular weight is 443 g/mol. The molecule has 1 aliphatic carbocycles. The van der Waals surface area contributed by atoms with Gasteiger partial charge in [-0.15, -0.1) is 11.8 Å². The lowest BCUT2D eigenvalue weighted by Gasteiger charge is -2.21. The highest BCUT2D eigenvalue weighted by Crippen LogP contribution is 2.42. The number of amides is 1. The number of hydrogen-bond acceptors (Lipinski definition) is 3. The molecule has 1 atom stereocenters. The number of rotatable bonds is 6. The molecule has 0 saturated heterocycles. The van der Waals surface area contributed by atoms with E-state index in [-0.39, 0.29) is 17.8 Å². The fourth-order valence-corrected chi connectivity index (χ4v) is 4.99. The van der Waals surface area contributed by atoms with Crippen molar-refractivity contribution in [3.8, 4) is 11.3 Å². The van der Waals surface area contributed by atoms with Gasteiger partial charge in [-0.3, -0.25) is 4.79 Å².